The van der Waals surface area contributed by atoms with Crippen LogP contribution in [0.15, 0.2) is 88.6 Å². The lowest BCUT2D eigenvalue weighted by Gasteiger charge is -2.19. The van der Waals surface area contributed by atoms with E-state index in [2.05, 4.69) is 4.99 Å². The quantitative estimate of drug-likeness (QED) is 0.157. The maximum atomic E-state index is 13.7. The first-order chi connectivity index (χ1) is 24.9. The monoisotopic (exact) mass is 687 g/mol. The normalized spacial score (nSPS) is 18.8. The van der Waals surface area contributed by atoms with Gasteiger partial charge < -0.3 is 34.5 Å². The largest absolute Gasteiger partial charge is 0.493 e. The fourth-order valence-electron chi connectivity index (χ4n) is 6.79. The molecule has 3 aromatic carbocycles. The van der Waals surface area contributed by atoms with E-state index in [1.807, 2.05) is 68.2 Å². The maximum Gasteiger partial charge on any atom is 0.260 e. The number of methoxy groups -OCH3 is 2. The molecule has 2 amide bonds. The van der Waals surface area contributed by atoms with E-state index in [1.165, 1.54) is 0 Å². The van der Waals surface area contributed by atoms with Crippen molar-refractivity contribution in [2.24, 2.45) is 9.98 Å². The zero-order valence-corrected chi connectivity index (χ0v) is 29.0. The number of rotatable bonds is 12. The van der Waals surface area contributed by atoms with Crippen molar-refractivity contribution in [1.82, 2.24) is 9.80 Å². The predicted octanol–water partition coefficient (Wildman–Crippen LogP) is 7.28. The van der Waals surface area contributed by atoms with Gasteiger partial charge >= 0.3 is 0 Å². The number of fused-ring (bicyclic) bond motifs is 4. The summed E-state index contributed by atoms with van der Waals surface area (Å²) >= 11 is 0. The highest BCUT2D eigenvalue weighted by molar-refractivity contribution is 6.06. The molecule has 0 saturated carbocycles. The Kier molecular flexibility index (Phi) is 9.61. The summed E-state index contributed by atoms with van der Waals surface area (Å²) in [6.07, 6.45) is 15.2. The Hall–Kier alpha value is -5.84. The summed E-state index contributed by atoms with van der Waals surface area (Å²) in [6.45, 7) is 2.88. The van der Waals surface area contributed by atoms with Crippen LogP contribution in [0.4, 0.5) is 17.1 Å². The van der Waals surface area contributed by atoms with Crippen LogP contribution >= 0.6 is 0 Å². The molecule has 4 aliphatic rings. The van der Waals surface area contributed by atoms with E-state index >= 15 is 0 Å². The van der Waals surface area contributed by atoms with E-state index in [9.17, 15) is 9.59 Å². The summed E-state index contributed by atoms with van der Waals surface area (Å²) in [5, 5.41) is 0. The van der Waals surface area contributed by atoms with Gasteiger partial charge in [0.05, 0.1) is 62.0 Å². The van der Waals surface area contributed by atoms with Gasteiger partial charge in [-0.05, 0) is 73.6 Å². The number of amides is 2. The summed E-state index contributed by atoms with van der Waals surface area (Å²) in [7, 11) is 3.13. The Labute approximate surface area is 297 Å². The zero-order chi connectivity index (χ0) is 35.5. The Bertz CT molecular complexity index is 2010. The number of allylic oxidation sites excluding steroid dienone is 2. The summed E-state index contributed by atoms with van der Waals surface area (Å²) in [6, 6.07) is 14.3. The number of ether oxygens (including phenoxy) is 4. The molecule has 11 nitrogen and oxygen atoms in total. The number of nitrogen functional groups attached to an aromatic ring is 1. The van der Waals surface area contributed by atoms with Gasteiger partial charge in [0.1, 0.15) is 0 Å². The number of hydrogen-bond acceptors (Lipinski definition) is 9. The maximum absolute atomic E-state index is 13.7. The van der Waals surface area contributed by atoms with Gasteiger partial charge in [-0.2, -0.15) is 0 Å². The lowest BCUT2D eigenvalue weighted by atomic mass is 10.0. The number of anilines is 1. The first kappa shape index (κ1) is 33.6. The molecule has 11 heteroatoms. The summed E-state index contributed by atoms with van der Waals surface area (Å²) in [5.41, 5.74) is 11.9. The lowest BCUT2D eigenvalue weighted by Crippen LogP contribution is -2.32. The van der Waals surface area contributed by atoms with Gasteiger partial charge in [-0.15, -0.1) is 0 Å². The van der Waals surface area contributed by atoms with Gasteiger partial charge in [-0.25, -0.2) is 0 Å². The molecule has 0 fully saturated rings. The fraction of sp³-hybridized carbons (Fsp3) is 0.300. The van der Waals surface area contributed by atoms with E-state index in [1.54, 1.807) is 48.3 Å². The predicted molar refractivity (Wildman–Crippen MR) is 198 cm³/mol. The Morgan fingerprint density at radius 1 is 0.765 bits per heavy atom. The van der Waals surface area contributed by atoms with Gasteiger partial charge in [0.15, 0.2) is 23.0 Å². The van der Waals surface area contributed by atoms with E-state index in [0.717, 1.165) is 42.4 Å². The van der Waals surface area contributed by atoms with Crippen molar-refractivity contribution in [2.75, 3.05) is 33.2 Å². The number of carbonyl (C=O) groups excluding carboxylic acids is 2. The number of hydrogen-bond donors (Lipinski definition) is 1. The highest BCUT2D eigenvalue weighted by atomic mass is 16.5. The second kappa shape index (κ2) is 14.6. The van der Waals surface area contributed by atoms with Gasteiger partial charge in [0.2, 0.25) is 0 Å². The van der Waals surface area contributed by atoms with Crippen LogP contribution in [0.5, 0.6) is 23.0 Å². The first-order valence-electron chi connectivity index (χ1n) is 17.2. The first-order valence-corrected chi connectivity index (χ1v) is 17.2. The summed E-state index contributed by atoms with van der Waals surface area (Å²) < 4.78 is 23.4. The molecule has 0 spiro atoms. The third kappa shape index (κ3) is 6.84. The van der Waals surface area contributed by atoms with Crippen LogP contribution in [-0.2, 0) is 0 Å². The smallest absolute Gasteiger partial charge is 0.260 e. The van der Waals surface area contributed by atoms with Crippen LogP contribution in [0, 0.1) is 0 Å². The second-order valence-corrected chi connectivity index (χ2v) is 12.8. The van der Waals surface area contributed by atoms with Crippen LogP contribution in [0.1, 0.15) is 65.3 Å². The second-order valence-electron chi connectivity index (χ2n) is 12.8. The molecule has 0 radical (unpaired) electrons. The highest BCUT2D eigenvalue weighted by Gasteiger charge is 2.34. The third-order valence-corrected chi connectivity index (χ3v) is 9.40. The molecule has 2 N–H and O–H groups in total. The van der Waals surface area contributed by atoms with Crippen LogP contribution in [0.25, 0.3) is 5.57 Å². The minimum atomic E-state index is -0.188. The van der Waals surface area contributed by atoms with Crippen molar-refractivity contribution >= 4 is 46.9 Å². The molecule has 3 aromatic rings. The zero-order valence-electron chi connectivity index (χ0n) is 29.0. The van der Waals surface area contributed by atoms with E-state index < -0.39 is 0 Å². The minimum absolute atomic E-state index is 0.109. The van der Waals surface area contributed by atoms with E-state index in [0.29, 0.717) is 70.8 Å². The van der Waals surface area contributed by atoms with Crippen LogP contribution in [-0.4, -0.2) is 73.6 Å². The molecule has 51 heavy (non-hydrogen) atoms. The molecule has 262 valence electrons. The molecular weight excluding hydrogens is 646 g/mol. The minimum Gasteiger partial charge on any atom is -0.493 e. The number of unbranched alkanes of at least 4 members (excludes halogenated alkanes) is 2. The van der Waals surface area contributed by atoms with Gasteiger partial charge in [-0.1, -0.05) is 24.3 Å². The number of carbonyl (C=O) groups is 2. The van der Waals surface area contributed by atoms with Crippen LogP contribution in [0.3, 0.4) is 0 Å². The number of aliphatic imine (C=N–C) groups is 2. The SMILES string of the molecule is C/C=C\C1=CN2C(=O)c3cc(OC)c(OCCCCCOc4cc5c(cc4OC)C(=O)N4C=C(c6cccc(N)c6)C[C@H]4C=N5)cc3N=C[C@@H]2C1. The molecule has 2 atom stereocenters. The van der Waals surface area contributed by atoms with Gasteiger partial charge in [-0.3, -0.25) is 19.6 Å². The van der Waals surface area contributed by atoms with Crippen molar-refractivity contribution in [3.8, 4) is 23.0 Å². The Morgan fingerprint density at radius 2 is 1.35 bits per heavy atom. The summed E-state index contributed by atoms with van der Waals surface area (Å²) in [4.78, 5) is 39.8. The van der Waals surface area contributed by atoms with Crippen LogP contribution < -0.4 is 24.7 Å². The average Bonchev–Trinajstić information content (AvgIpc) is 3.70. The molecule has 4 aliphatic heterocycles. The summed E-state index contributed by atoms with van der Waals surface area (Å²) in [5.74, 6) is 1.80. The average molecular weight is 688 g/mol. The molecule has 0 aliphatic carbocycles. The van der Waals surface area contributed by atoms with Gasteiger partial charge in [0.25, 0.3) is 11.8 Å². The van der Waals surface area contributed by atoms with Crippen molar-refractivity contribution in [3.05, 3.63) is 95.3 Å². The Morgan fingerprint density at radius 3 is 1.92 bits per heavy atom. The van der Waals surface area contributed by atoms with Crippen LogP contribution in [0.2, 0.25) is 0 Å². The topological polar surface area (TPSA) is 128 Å². The molecule has 0 saturated heterocycles. The molecule has 4 heterocycles. The lowest BCUT2D eigenvalue weighted by molar-refractivity contribution is 0.0809. The molecule has 7 rings (SSSR count). The number of nitrogens with two attached hydrogens (primary N) is 1. The third-order valence-electron chi connectivity index (χ3n) is 9.40. The van der Waals surface area contributed by atoms with E-state index in [-0.39, 0.29) is 23.9 Å². The number of benzene rings is 3. The van der Waals surface area contributed by atoms with Gasteiger partial charge in [0, 0.05) is 49.1 Å². The standard InChI is InChI=1S/C40H41N5O6/c1-4-9-25-14-29-21-42-33-19-37(35(48-2)17-31(33)39(46)44(29)23-25)50-12-6-5-7-13-51-38-20-34-32(18-36(38)49-3)40(47)45-24-27(16-30(45)22-43-34)26-10-8-11-28(41)15-26/h4,8-11,15,17-24,29-30H,5-7,12-14,16,41H2,1-3H3/b9-4-/t29-,30-/m0/s1. The van der Waals surface area contributed by atoms with E-state index in [4.69, 9.17) is 29.7 Å². The molecule has 0 unspecified atom stereocenters. The Balaban J connectivity index is 0.931. The van der Waals surface area contributed by atoms with Crippen molar-refractivity contribution < 1.29 is 28.5 Å². The van der Waals surface area contributed by atoms with Crippen molar-refractivity contribution in [3.63, 3.8) is 0 Å². The molecular formula is C40H41N5O6. The van der Waals surface area contributed by atoms with Crippen molar-refractivity contribution in [1.29, 1.82) is 0 Å². The number of nitrogens with zero attached hydrogens (tertiary/aromatic N) is 4. The molecule has 0 aromatic heterocycles. The molecule has 0 bridgehead atoms. The fourth-order valence-corrected chi connectivity index (χ4v) is 6.79. The highest BCUT2D eigenvalue weighted by Crippen LogP contribution is 2.41. The van der Waals surface area contributed by atoms with Crippen molar-refractivity contribution in [2.45, 2.75) is 51.1 Å².